The summed E-state index contributed by atoms with van der Waals surface area (Å²) in [7, 11) is 0. The summed E-state index contributed by atoms with van der Waals surface area (Å²) in [5, 5.41) is 0.437. The normalized spacial score (nSPS) is 14.6. The average molecular weight is 516 g/mol. The second-order valence-electron chi connectivity index (χ2n) is 7.90. The van der Waals surface area contributed by atoms with Crippen molar-refractivity contribution in [2.24, 2.45) is 0 Å². The lowest BCUT2D eigenvalue weighted by Gasteiger charge is -2.29. The van der Waals surface area contributed by atoms with E-state index in [0.717, 1.165) is 24.2 Å². The first-order chi connectivity index (χ1) is 15.7. The highest BCUT2D eigenvalue weighted by molar-refractivity contribution is 7.22. The molecule has 0 bridgehead atoms. The van der Waals surface area contributed by atoms with Gasteiger partial charge in [-0.2, -0.15) is 0 Å². The number of hydrogen-bond acceptors (Lipinski definition) is 6. The van der Waals surface area contributed by atoms with Gasteiger partial charge in [-0.25, -0.2) is 4.98 Å². The van der Waals surface area contributed by atoms with Gasteiger partial charge in [0.15, 0.2) is 5.13 Å². The fourth-order valence-corrected chi connectivity index (χ4v) is 4.77. The summed E-state index contributed by atoms with van der Waals surface area (Å²) in [4.78, 5) is 21.9. The van der Waals surface area contributed by atoms with Gasteiger partial charge < -0.3 is 9.47 Å². The number of rotatable bonds is 6. The van der Waals surface area contributed by atoms with Crippen LogP contribution < -0.4 is 9.64 Å². The van der Waals surface area contributed by atoms with Crippen LogP contribution in [-0.4, -0.2) is 61.5 Å². The average Bonchev–Trinajstić information content (AvgIpc) is 3.16. The van der Waals surface area contributed by atoms with Crippen LogP contribution in [0.5, 0.6) is 5.75 Å². The summed E-state index contributed by atoms with van der Waals surface area (Å²) in [6.07, 6.45) is -4.77. The lowest BCUT2D eigenvalue weighted by atomic mass is 10.0. The molecular formula is C23H25ClF3N3O3S. The molecule has 6 nitrogen and oxygen atoms in total. The molecule has 2 aromatic carbocycles. The Morgan fingerprint density at radius 1 is 1.18 bits per heavy atom. The van der Waals surface area contributed by atoms with E-state index in [2.05, 4.69) is 14.6 Å². The van der Waals surface area contributed by atoms with E-state index in [0.29, 0.717) is 47.2 Å². The van der Waals surface area contributed by atoms with Crippen LogP contribution in [0.3, 0.4) is 0 Å². The van der Waals surface area contributed by atoms with Crippen molar-refractivity contribution >= 4 is 45.0 Å². The third-order valence-electron chi connectivity index (χ3n) is 5.41. The van der Waals surface area contributed by atoms with E-state index in [4.69, 9.17) is 4.74 Å². The maximum absolute atomic E-state index is 13.6. The molecule has 34 heavy (non-hydrogen) atoms. The van der Waals surface area contributed by atoms with Gasteiger partial charge in [0, 0.05) is 37.8 Å². The molecule has 1 fully saturated rings. The minimum atomic E-state index is -4.77. The minimum Gasteiger partial charge on any atom is -0.406 e. The van der Waals surface area contributed by atoms with E-state index in [9.17, 15) is 18.0 Å². The van der Waals surface area contributed by atoms with E-state index in [1.54, 1.807) is 11.0 Å². The summed E-state index contributed by atoms with van der Waals surface area (Å²) in [6, 6.07) is 9.64. The van der Waals surface area contributed by atoms with Crippen molar-refractivity contribution in [2.45, 2.75) is 20.2 Å². The van der Waals surface area contributed by atoms with Crippen LogP contribution in [0, 0.1) is 13.8 Å². The zero-order chi connectivity index (χ0) is 23.6. The van der Waals surface area contributed by atoms with Crippen LogP contribution in [0.25, 0.3) is 10.2 Å². The fourth-order valence-electron chi connectivity index (χ4n) is 3.75. The molecule has 2 heterocycles. The summed E-state index contributed by atoms with van der Waals surface area (Å²) in [6.45, 7) is 7.75. The summed E-state index contributed by atoms with van der Waals surface area (Å²) in [5.74, 6) is -0.502. The third-order valence-corrected chi connectivity index (χ3v) is 6.46. The lowest BCUT2D eigenvalue weighted by Crippen LogP contribution is -2.43. The number of benzene rings is 2. The van der Waals surface area contributed by atoms with E-state index in [-0.39, 0.29) is 24.1 Å². The standard InChI is InChI=1S/C23H24F3N3O3S.ClH/c1-15-3-5-18(16(2)13-15)21(30)29(8-7-28-9-11-31-12-10-28)22-27-19-6-4-17(14-20(19)33-22)32-23(24,25)26;/h3-6,13-14H,7-12H2,1-2H3;1H. The highest BCUT2D eigenvalue weighted by Crippen LogP contribution is 2.34. The summed E-state index contributed by atoms with van der Waals surface area (Å²) < 4.78 is 47.8. The molecule has 1 saturated heterocycles. The predicted octanol–water partition coefficient (Wildman–Crippen LogP) is 5.21. The Balaban J connectivity index is 0.00000324. The van der Waals surface area contributed by atoms with Gasteiger partial charge in [-0.15, -0.1) is 25.6 Å². The highest BCUT2D eigenvalue weighted by Gasteiger charge is 2.31. The van der Waals surface area contributed by atoms with E-state index in [1.807, 2.05) is 26.0 Å². The molecule has 1 aliphatic rings. The molecule has 0 unspecified atom stereocenters. The predicted molar refractivity (Wildman–Crippen MR) is 128 cm³/mol. The number of alkyl halides is 3. The number of morpholine rings is 1. The third kappa shape index (κ3) is 6.38. The van der Waals surface area contributed by atoms with Gasteiger partial charge in [0.05, 0.1) is 23.4 Å². The van der Waals surface area contributed by atoms with E-state index < -0.39 is 6.36 Å². The molecule has 4 rings (SSSR count). The number of halogens is 4. The molecule has 1 amide bonds. The molecular weight excluding hydrogens is 491 g/mol. The Labute approximate surface area is 205 Å². The Kier molecular flexibility index (Phi) is 8.40. The van der Waals surface area contributed by atoms with E-state index in [1.165, 1.54) is 29.5 Å². The number of nitrogens with zero attached hydrogens (tertiary/aromatic N) is 3. The smallest absolute Gasteiger partial charge is 0.406 e. The number of anilines is 1. The lowest BCUT2D eigenvalue weighted by molar-refractivity contribution is -0.274. The SMILES string of the molecule is Cc1ccc(C(=O)N(CCN2CCOCC2)c2nc3ccc(OC(F)(F)F)cc3s2)c(C)c1.Cl. The first kappa shape index (κ1) is 26.2. The van der Waals surface area contributed by atoms with Crippen molar-refractivity contribution in [1.82, 2.24) is 9.88 Å². The second-order valence-corrected chi connectivity index (χ2v) is 8.91. The first-order valence-corrected chi connectivity index (χ1v) is 11.4. The molecule has 0 spiro atoms. The molecule has 0 radical (unpaired) electrons. The van der Waals surface area contributed by atoms with Crippen molar-refractivity contribution < 1.29 is 27.4 Å². The second kappa shape index (κ2) is 10.9. The maximum Gasteiger partial charge on any atom is 0.573 e. The Bertz CT molecular complexity index is 1150. The Morgan fingerprint density at radius 3 is 2.59 bits per heavy atom. The Hall–Kier alpha value is -2.40. The molecule has 184 valence electrons. The highest BCUT2D eigenvalue weighted by atomic mass is 35.5. The number of fused-ring (bicyclic) bond motifs is 1. The van der Waals surface area contributed by atoms with Gasteiger partial charge in [0.2, 0.25) is 0 Å². The number of aromatic nitrogens is 1. The number of carbonyl (C=O) groups is 1. The Morgan fingerprint density at radius 2 is 1.91 bits per heavy atom. The molecule has 1 aromatic heterocycles. The van der Waals surface area contributed by atoms with Crippen LogP contribution in [0.1, 0.15) is 21.5 Å². The van der Waals surface area contributed by atoms with Gasteiger partial charge in [0.1, 0.15) is 5.75 Å². The van der Waals surface area contributed by atoms with Crippen molar-refractivity contribution in [3.05, 3.63) is 53.1 Å². The molecule has 0 N–H and O–H groups in total. The summed E-state index contributed by atoms with van der Waals surface area (Å²) in [5.41, 5.74) is 3.00. The van der Waals surface area contributed by atoms with Crippen LogP contribution in [0.15, 0.2) is 36.4 Å². The van der Waals surface area contributed by atoms with Crippen molar-refractivity contribution in [3.8, 4) is 5.75 Å². The van der Waals surface area contributed by atoms with Crippen LogP contribution in [0.4, 0.5) is 18.3 Å². The minimum absolute atomic E-state index is 0. The largest absolute Gasteiger partial charge is 0.573 e. The van der Waals surface area contributed by atoms with Crippen LogP contribution in [-0.2, 0) is 4.74 Å². The van der Waals surface area contributed by atoms with Crippen LogP contribution >= 0.6 is 23.7 Å². The number of hydrogen-bond donors (Lipinski definition) is 0. The maximum atomic E-state index is 13.6. The van der Waals surface area contributed by atoms with E-state index >= 15 is 0 Å². The zero-order valence-electron chi connectivity index (χ0n) is 18.7. The molecule has 3 aromatic rings. The van der Waals surface area contributed by atoms with Crippen molar-refractivity contribution in [3.63, 3.8) is 0 Å². The van der Waals surface area contributed by atoms with Crippen LogP contribution in [0.2, 0.25) is 0 Å². The zero-order valence-corrected chi connectivity index (χ0v) is 20.4. The van der Waals surface area contributed by atoms with Gasteiger partial charge in [-0.3, -0.25) is 14.6 Å². The van der Waals surface area contributed by atoms with Crippen molar-refractivity contribution in [2.75, 3.05) is 44.3 Å². The molecule has 11 heteroatoms. The van der Waals surface area contributed by atoms with Gasteiger partial charge in [0.25, 0.3) is 5.91 Å². The topological polar surface area (TPSA) is 54.9 Å². The first-order valence-electron chi connectivity index (χ1n) is 10.6. The number of ether oxygens (including phenoxy) is 2. The summed E-state index contributed by atoms with van der Waals surface area (Å²) >= 11 is 1.17. The number of thiazole rings is 1. The monoisotopic (exact) mass is 515 g/mol. The molecule has 0 saturated carbocycles. The van der Waals surface area contributed by atoms with Gasteiger partial charge in [-0.05, 0) is 37.6 Å². The molecule has 1 aliphatic heterocycles. The molecule has 0 atom stereocenters. The number of amides is 1. The molecule has 0 aliphatic carbocycles. The number of aryl methyl sites for hydroxylation is 2. The van der Waals surface area contributed by atoms with Gasteiger partial charge in [-0.1, -0.05) is 29.0 Å². The quantitative estimate of drug-likeness (QED) is 0.451. The fraction of sp³-hybridized carbons (Fsp3) is 0.391. The van der Waals surface area contributed by atoms with Gasteiger partial charge >= 0.3 is 6.36 Å². The van der Waals surface area contributed by atoms with Crippen molar-refractivity contribution in [1.29, 1.82) is 0 Å². The number of carbonyl (C=O) groups excluding carboxylic acids is 1.